The van der Waals surface area contributed by atoms with Crippen molar-refractivity contribution in [3.63, 3.8) is 0 Å². The summed E-state index contributed by atoms with van der Waals surface area (Å²) in [6, 6.07) is 13.4. The number of nitrogens with zero attached hydrogens (tertiary/aromatic N) is 3. The molecule has 2 aromatic carbocycles. The molecule has 2 heterocycles. The van der Waals surface area contributed by atoms with Crippen LogP contribution in [0.1, 0.15) is 87.9 Å². The first-order valence-corrected chi connectivity index (χ1v) is 19.3. The lowest BCUT2D eigenvalue weighted by atomic mass is 10.0. The van der Waals surface area contributed by atoms with Crippen LogP contribution in [0.25, 0.3) is 11.1 Å². The Labute approximate surface area is 316 Å². The summed E-state index contributed by atoms with van der Waals surface area (Å²) in [5, 5.41) is 5.63. The molecule has 0 unspecified atom stereocenters. The number of carbonyl (C=O) groups excluding carboxylic acids is 5. The van der Waals surface area contributed by atoms with E-state index in [1.165, 1.54) is 4.90 Å². The number of benzene rings is 2. The first kappa shape index (κ1) is 40.2. The summed E-state index contributed by atoms with van der Waals surface area (Å²) < 4.78 is 17.1. The monoisotopic (exact) mass is 746 g/mol. The Morgan fingerprint density at radius 1 is 0.963 bits per heavy atom. The Balaban J connectivity index is 1.39. The van der Waals surface area contributed by atoms with Crippen LogP contribution in [0.2, 0.25) is 0 Å². The Bertz CT molecular complexity index is 1680. The zero-order chi connectivity index (χ0) is 38.5. The van der Waals surface area contributed by atoms with Crippen molar-refractivity contribution in [2.24, 2.45) is 11.7 Å². The number of alkyl carbamates (subject to hydrolysis) is 1. The third-order valence-electron chi connectivity index (χ3n) is 9.92. The van der Waals surface area contributed by atoms with Crippen molar-refractivity contribution >= 4 is 40.9 Å². The fraction of sp³-hybridized carbons (Fsp3) is 0.550. The molecule has 0 spiro atoms. The third kappa shape index (κ3) is 11.3. The fourth-order valence-electron chi connectivity index (χ4n) is 6.55. The van der Waals surface area contributed by atoms with Gasteiger partial charge in [0.05, 0.1) is 19.2 Å². The van der Waals surface area contributed by atoms with E-state index in [0.29, 0.717) is 55.9 Å². The van der Waals surface area contributed by atoms with Crippen LogP contribution in [-0.4, -0.2) is 102 Å². The zero-order valence-electron chi connectivity index (χ0n) is 31.4. The quantitative estimate of drug-likeness (QED) is 0.105. The topological polar surface area (TPSA) is 186 Å². The second kappa shape index (κ2) is 19.9. The van der Waals surface area contributed by atoms with E-state index in [0.717, 1.165) is 31.2 Å². The molecule has 1 aliphatic heterocycles. The van der Waals surface area contributed by atoms with Crippen molar-refractivity contribution in [2.45, 2.75) is 102 Å². The molecule has 4 N–H and O–H groups in total. The van der Waals surface area contributed by atoms with E-state index < -0.39 is 54.0 Å². The standard InChI is InChI=1S/C40H54N6O8/c1-3-5-23-45(4-2)40(51)53-29-24-33(36(48)42-31(16-11-12-22-41)35(47)37-43-30-15-9-10-17-34(30)54-37)46(25-29)38(49)32(21-20-27-13-7-6-8-14-27)44-39(50)52-26-28-18-19-28/h6-10,13-15,17,28-29,31-33H,3-5,11-12,16,18-26,41H2,1-2H3,(H,42,48)(H,44,50)/t29-,31+,32-,33+/m1/s1. The van der Waals surface area contributed by atoms with E-state index in [9.17, 15) is 24.0 Å². The van der Waals surface area contributed by atoms with E-state index in [1.807, 2.05) is 44.2 Å². The molecule has 1 aromatic heterocycles. The van der Waals surface area contributed by atoms with Gasteiger partial charge in [-0.1, -0.05) is 55.8 Å². The highest BCUT2D eigenvalue weighted by atomic mass is 16.6. The van der Waals surface area contributed by atoms with Crippen molar-refractivity contribution in [2.75, 3.05) is 32.8 Å². The normalized spacial score (nSPS) is 17.8. The highest BCUT2D eigenvalue weighted by Gasteiger charge is 2.45. The van der Waals surface area contributed by atoms with E-state index in [2.05, 4.69) is 15.6 Å². The van der Waals surface area contributed by atoms with Gasteiger partial charge in [0.15, 0.2) is 5.58 Å². The van der Waals surface area contributed by atoms with Crippen LogP contribution in [0.4, 0.5) is 9.59 Å². The molecule has 1 saturated carbocycles. The first-order valence-electron chi connectivity index (χ1n) is 19.3. The van der Waals surface area contributed by atoms with E-state index in [-0.39, 0.29) is 38.3 Å². The van der Waals surface area contributed by atoms with Crippen LogP contribution in [0.3, 0.4) is 0 Å². The molecule has 5 rings (SSSR count). The summed E-state index contributed by atoms with van der Waals surface area (Å²) in [5.41, 5.74) is 7.67. The zero-order valence-corrected chi connectivity index (χ0v) is 31.4. The molecular formula is C40H54N6O8. The number of amides is 4. The van der Waals surface area contributed by atoms with Gasteiger partial charge in [0, 0.05) is 19.5 Å². The molecule has 4 amide bonds. The van der Waals surface area contributed by atoms with Gasteiger partial charge in [-0.3, -0.25) is 14.4 Å². The molecule has 54 heavy (non-hydrogen) atoms. The van der Waals surface area contributed by atoms with Crippen LogP contribution in [0.5, 0.6) is 0 Å². The van der Waals surface area contributed by atoms with Gasteiger partial charge in [-0.25, -0.2) is 14.6 Å². The molecule has 292 valence electrons. The maximum Gasteiger partial charge on any atom is 0.410 e. The van der Waals surface area contributed by atoms with Crippen LogP contribution in [0, 0.1) is 5.92 Å². The number of aromatic nitrogens is 1. The molecule has 0 radical (unpaired) electrons. The molecular weight excluding hydrogens is 692 g/mol. The van der Waals surface area contributed by atoms with Gasteiger partial charge in [-0.15, -0.1) is 0 Å². The van der Waals surface area contributed by atoms with Crippen molar-refractivity contribution in [3.05, 3.63) is 66.1 Å². The van der Waals surface area contributed by atoms with Gasteiger partial charge in [0.1, 0.15) is 23.7 Å². The second-order valence-electron chi connectivity index (χ2n) is 14.1. The van der Waals surface area contributed by atoms with Crippen LogP contribution >= 0.6 is 0 Å². The molecule has 1 saturated heterocycles. The minimum Gasteiger partial charge on any atom is -0.449 e. The number of ether oxygens (including phenoxy) is 2. The molecule has 4 atom stereocenters. The molecule has 3 aromatic rings. The molecule has 2 aliphatic rings. The summed E-state index contributed by atoms with van der Waals surface area (Å²) in [6.45, 7) is 5.45. The number of oxazole rings is 1. The average Bonchev–Trinajstić information content (AvgIpc) is 3.76. The predicted molar refractivity (Wildman–Crippen MR) is 201 cm³/mol. The molecule has 14 nitrogen and oxygen atoms in total. The maximum atomic E-state index is 14.5. The van der Waals surface area contributed by atoms with Crippen molar-refractivity contribution < 1.29 is 37.9 Å². The number of ketones is 1. The lowest BCUT2D eigenvalue weighted by molar-refractivity contribution is -0.140. The van der Waals surface area contributed by atoms with Gasteiger partial charge < -0.3 is 40.1 Å². The first-order chi connectivity index (χ1) is 26.2. The van der Waals surface area contributed by atoms with Gasteiger partial charge in [0.25, 0.3) is 5.89 Å². The van der Waals surface area contributed by atoms with Crippen LogP contribution in [-0.2, 0) is 25.5 Å². The van der Waals surface area contributed by atoms with E-state index in [1.54, 1.807) is 29.2 Å². The summed E-state index contributed by atoms with van der Waals surface area (Å²) in [5.74, 6) is -1.43. The number of hydrogen-bond donors (Lipinski definition) is 3. The van der Waals surface area contributed by atoms with E-state index >= 15 is 0 Å². The number of likely N-dealkylation sites (tertiary alicyclic amines) is 1. The van der Waals surface area contributed by atoms with Crippen LogP contribution in [0.15, 0.2) is 59.0 Å². The minimum atomic E-state index is -1.11. The Kier molecular flexibility index (Phi) is 14.8. The van der Waals surface area contributed by atoms with Gasteiger partial charge in [-0.05, 0) is 88.4 Å². The molecule has 2 fully saturated rings. The van der Waals surface area contributed by atoms with Gasteiger partial charge in [-0.2, -0.15) is 0 Å². The minimum absolute atomic E-state index is 0.00122. The molecule has 0 bridgehead atoms. The number of fused-ring (bicyclic) bond motifs is 1. The Hall–Kier alpha value is -4.98. The van der Waals surface area contributed by atoms with Gasteiger partial charge in [0.2, 0.25) is 17.6 Å². The SMILES string of the molecule is CCCCN(CC)C(=O)O[C@@H]1C[C@@H](C(=O)N[C@@H](CCCCN)C(=O)c2nc3ccccc3o2)N(C(=O)[C@@H](CCc2ccccc2)NC(=O)OCC2CC2)C1. The summed E-state index contributed by atoms with van der Waals surface area (Å²) >= 11 is 0. The summed E-state index contributed by atoms with van der Waals surface area (Å²) in [6.07, 6.45) is 3.74. The summed E-state index contributed by atoms with van der Waals surface area (Å²) in [7, 11) is 0. The lowest BCUT2D eigenvalue weighted by Crippen LogP contribution is -2.55. The molecule has 14 heteroatoms. The number of nitrogens with one attached hydrogen (secondary N) is 2. The largest absolute Gasteiger partial charge is 0.449 e. The van der Waals surface area contributed by atoms with Crippen LogP contribution < -0.4 is 16.4 Å². The number of carbonyl (C=O) groups is 5. The summed E-state index contributed by atoms with van der Waals surface area (Å²) in [4.78, 5) is 76.1. The third-order valence-corrected chi connectivity index (χ3v) is 9.92. The average molecular weight is 747 g/mol. The van der Waals surface area contributed by atoms with Crippen molar-refractivity contribution in [1.29, 1.82) is 0 Å². The maximum absolute atomic E-state index is 14.5. The number of aryl methyl sites for hydroxylation is 1. The number of para-hydroxylation sites is 2. The fourth-order valence-corrected chi connectivity index (χ4v) is 6.55. The highest BCUT2D eigenvalue weighted by Crippen LogP contribution is 2.29. The highest BCUT2D eigenvalue weighted by molar-refractivity contribution is 6.01. The lowest BCUT2D eigenvalue weighted by Gasteiger charge is -2.29. The predicted octanol–water partition coefficient (Wildman–Crippen LogP) is 4.99. The Morgan fingerprint density at radius 2 is 1.72 bits per heavy atom. The number of unbranched alkanes of at least 4 members (excludes halogenated alkanes) is 2. The van der Waals surface area contributed by atoms with E-state index in [4.69, 9.17) is 19.6 Å². The molecule has 1 aliphatic carbocycles. The van der Waals surface area contributed by atoms with Gasteiger partial charge >= 0.3 is 12.2 Å². The Morgan fingerprint density at radius 3 is 2.43 bits per heavy atom. The second-order valence-corrected chi connectivity index (χ2v) is 14.1. The number of nitrogens with two attached hydrogens (primary N) is 1. The van der Waals surface area contributed by atoms with Crippen molar-refractivity contribution in [3.8, 4) is 0 Å². The smallest absolute Gasteiger partial charge is 0.410 e. The number of Topliss-reactive ketones (excluding diaryl/α,β-unsaturated/α-hetero) is 1. The number of rotatable bonds is 20. The van der Waals surface area contributed by atoms with Crippen molar-refractivity contribution in [1.82, 2.24) is 25.4 Å². The number of hydrogen-bond acceptors (Lipinski definition) is 10.